The molecule has 0 aliphatic heterocycles. The highest BCUT2D eigenvalue weighted by molar-refractivity contribution is 8.00. The first-order valence-corrected chi connectivity index (χ1v) is 10.9. The highest BCUT2D eigenvalue weighted by atomic mass is 32.2. The van der Waals surface area contributed by atoms with Gasteiger partial charge in [0.15, 0.2) is 6.61 Å². The monoisotopic (exact) mass is 434 g/mol. The summed E-state index contributed by atoms with van der Waals surface area (Å²) < 4.78 is 5.45. The third kappa shape index (κ3) is 6.89. The molecule has 3 aromatic carbocycles. The van der Waals surface area contributed by atoms with Crippen molar-refractivity contribution < 1.29 is 14.3 Å². The quantitative estimate of drug-likeness (QED) is 0.463. The number of rotatable bonds is 8. The van der Waals surface area contributed by atoms with Crippen LogP contribution in [0, 0.1) is 13.8 Å². The second kappa shape index (κ2) is 10.7. The van der Waals surface area contributed by atoms with E-state index in [1.165, 1.54) is 11.8 Å². The zero-order valence-electron chi connectivity index (χ0n) is 17.8. The molecule has 0 saturated carbocycles. The number of carbonyl (C=O) groups is 2. The molecule has 3 aromatic rings. The number of para-hydroxylation sites is 1. The van der Waals surface area contributed by atoms with Crippen molar-refractivity contribution in [1.29, 1.82) is 0 Å². The molecule has 6 heteroatoms. The van der Waals surface area contributed by atoms with Crippen molar-refractivity contribution in [3.05, 3.63) is 83.9 Å². The molecule has 0 heterocycles. The second-order valence-corrected chi connectivity index (χ2v) is 8.66. The van der Waals surface area contributed by atoms with Crippen molar-refractivity contribution in [2.45, 2.75) is 30.9 Å². The molecule has 1 unspecified atom stereocenters. The SMILES string of the molecule is Cc1ccc(NC(=O)C(C)Sc2ccc(NC(=O)COc3ccccc3)cc2)c(C)c1. The summed E-state index contributed by atoms with van der Waals surface area (Å²) in [6.45, 7) is 5.83. The summed E-state index contributed by atoms with van der Waals surface area (Å²) in [6, 6.07) is 22.6. The number of ether oxygens (including phenoxy) is 1. The van der Waals surface area contributed by atoms with E-state index in [1.807, 2.05) is 81.4 Å². The number of nitrogens with one attached hydrogen (secondary N) is 2. The van der Waals surface area contributed by atoms with Gasteiger partial charge >= 0.3 is 0 Å². The number of hydrogen-bond donors (Lipinski definition) is 2. The fraction of sp³-hybridized carbons (Fsp3) is 0.200. The number of thioether (sulfide) groups is 1. The van der Waals surface area contributed by atoms with Gasteiger partial charge in [0, 0.05) is 16.3 Å². The van der Waals surface area contributed by atoms with Crippen LogP contribution in [0.5, 0.6) is 5.75 Å². The predicted octanol–water partition coefficient (Wildman–Crippen LogP) is 5.44. The third-order valence-corrected chi connectivity index (χ3v) is 5.69. The summed E-state index contributed by atoms with van der Waals surface area (Å²) in [5.41, 5.74) is 3.72. The Morgan fingerprint density at radius 1 is 0.935 bits per heavy atom. The van der Waals surface area contributed by atoms with Crippen LogP contribution in [0.2, 0.25) is 0 Å². The lowest BCUT2D eigenvalue weighted by Crippen LogP contribution is -2.22. The molecule has 0 saturated heterocycles. The molecule has 0 radical (unpaired) electrons. The van der Waals surface area contributed by atoms with Crippen molar-refractivity contribution in [2.75, 3.05) is 17.2 Å². The molecule has 31 heavy (non-hydrogen) atoms. The van der Waals surface area contributed by atoms with Gasteiger partial charge in [0.2, 0.25) is 5.91 Å². The first-order valence-electron chi connectivity index (χ1n) is 10.0. The summed E-state index contributed by atoms with van der Waals surface area (Å²) in [7, 11) is 0. The predicted molar refractivity (Wildman–Crippen MR) is 127 cm³/mol. The Hall–Kier alpha value is -3.25. The maximum absolute atomic E-state index is 12.6. The summed E-state index contributed by atoms with van der Waals surface area (Å²) in [6.07, 6.45) is 0. The molecule has 0 spiro atoms. The van der Waals surface area contributed by atoms with E-state index in [9.17, 15) is 9.59 Å². The van der Waals surface area contributed by atoms with Crippen molar-refractivity contribution in [3.8, 4) is 5.75 Å². The Morgan fingerprint density at radius 2 is 1.65 bits per heavy atom. The fourth-order valence-corrected chi connectivity index (χ4v) is 3.79. The number of hydrogen-bond acceptors (Lipinski definition) is 4. The lowest BCUT2D eigenvalue weighted by molar-refractivity contribution is -0.118. The van der Waals surface area contributed by atoms with Crippen LogP contribution in [0.25, 0.3) is 0 Å². The Bertz CT molecular complexity index is 1040. The molecule has 0 aromatic heterocycles. The molecule has 5 nitrogen and oxygen atoms in total. The highest BCUT2D eigenvalue weighted by Crippen LogP contribution is 2.26. The maximum atomic E-state index is 12.6. The minimum atomic E-state index is -0.264. The average Bonchev–Trinajstić information content (AvgIpc) is 2.76. The van der Waals surface area contributed by atoms with Gasteiger partial charge in [-0.05, 0) is 68.8 Å². The minimum absolute atomic E-state index is 0.0487. The zero-order valence-corrected chi connectivity index (χ0v) is 18.7. The standard InChI is InChI=1S/C25H26N2O3S/c1-17-9-14-23(18(2)15-17)27-25(29)19(3)31-22-12-10-20(11-13-22)26-24(28)16-30-21-7-5-4-6-8-21/h4-15,19H,16H2,1-3H3,(H,26,28)(H,27,29). The third-order valence-electron chi connectivity index (χ3n) is 4.57. The fourth-order valence-electron chi connectivity index (χ4n) is 2.93. The summed E-state index contributed by atoms with van der Waals surface area (Å²) >= 11 is 1.47. The molecular weight excluding hydrogens is 408 g/mol. The van der Waals surface area contributed by atoms with Crippen LogP contribution in [0.15, 0.2) is 77.7 Å². The summed E-state index contributed by atoms with van der Waals surface area (Å²) in [5.74, 6) is 0.371. The zero-order chi connectivity index (χ0) is 22.2. The first kappa shape index (κ1) is 22.4. The normalized spacial score (nSPS) is 11.5. The van der Waals surface area contributed by atoms with Crippen molar-refractivity contribution in [3.63, 3.8) is 0 Å². The van der Waals surface area contributed by atoms with Crippen LogP contribution >= 0.6 is 11.8 Å². The van der Waals surface area contributed by atoms with Gasteiger partial charge in [-0.2, -0.15) is 0 Å². The van der Waals surface area contributed by atoms with E-state index in [4.69, 9.17) is 4.74 Å². The summed E-state index contributed by atoms with van der Waals surface area (Å²) in [5, 5.41) is 5.53. The van der Waals surface area contributed by atoms with Gasteiger partial charge in [0.05, 0.1) is 5.25 Å². The van der Waals surface area contributed by atoms with Gasteiger partial charge in [0.25, 0.3) is 5.91 Å². The largest absolute Gasteiger partial charge is 0.484 e. The van der Waals surface area contributed by atoms with E-state index in [1.54, 1.807) is 12.1 Å². The van der Waals surface area contributed by atoms with Crippen molar-refractivity contribution in [1.82, 2.24) is 0 Å². The molecule has 0 fully saturated rings. The number of carbonyl (C=O) groups excluding carboxylic acids is 2. The molecule has 0 aliphatic carbocycles. The van der Waals surface area contributed by atoms with Gasteiger partial charge < -0.3 is 15.4 Å². The van der Waals surface area contributed by atoms with Crippen LogP contribution in [0.3, 0.4) is 0 Å². The molecule has 1 atom stereocenters. The smallest absolute Gasteiger partial charge is 0.262 e. The maximum Gasteiger partial charge on any atom is 0.262 e. The van der Waals surface area contributed by atoms with E-state index in [0.717, 1.165) is 21.7 Å². The highest BCUT2D eigenvalue weighted by Gasteiger charge is 2.15. The number of aryl methyl sites for hydroxylation is 2. The Balaban J connectivity index is 1.48. The number of amides is 2. The van der Waals surface area contributed by atoms with Crippen LogP contribution in [-0.2, 0) is 9.59 Å². The van der Waals surface area contributed by atoms with E-state index in [2.05, 4.69) is 10.6 Å². The molecule has 0 bridgehead atoms. The Kier molecular flexibility index (Phi) is 7.73. The molecule has 160 valence electrons. The Labute approximate surface area is 187 Å². The summed E-state index contributed by atoms with van der Waals surface area (Å²) in [4.78, 5) is 25.6. The average molecular weight is 435 g/mol. The van der Waals surface area contributed by atoms with Crippen LogP contribution in [0.4, 0.5) is 11.4 Å². The number of anilines is 2. The molecule has 3 rings (SSSR count). The first-order chi connectivity index (χ1) is 14.9. The lowest BCUT2D eigenvalue weighted by atomic mass is 10.1. The van der Waals surface area contributed by atoms with Crippen molar-refractivity contribution in [2.24, 2.45) is 0 Å². The van der Waals surface area contributed by atoms with Crippen LogP contribution in [0.1, 0.15) is 18.1 Å². The van der Waals surface area contributed by atoms with Crippen LogP contribution in [-0.4, -0.2) is 23.7 Å². The molecule has 2 amide bonds. The van der Waals surface area contributed by atoms with Gasteiger partial charge in [-0.3, -0.25) is 9.59 Å². The molecule has 2 N–H and O–H groups in total. The van der Waals surface area contributed by atoms with Gasteiger partial charge in [-0.25, -0.2) is 0 Å². The van der Waals surface area contributed by atoms with Gasteiger partial charge in [-0.15, -0.1) is 11.8 Å². The van der Waals surface area contributed by atoms with E-state index >= 15 is 0 Å². The minimum Gasteiger partial charge on any atom is -0.484 e. The van der Waals surface area contributed by atoms with Gasteiger partial charge in [0.1, 0.15) is 5.75 Å². The molecule has 0 aliphatic rings. The van der Waals surface area contributed by atoms with Crippen LogP contribution < -0.4 is 15.4 Å². The second-order valence-electron chi connectivity index (χ2n) is 7.24. The topological polar surface area (TPSA) is 67.4 Å². The number of benzene rings is 3. The Morgan fingerprint density at radius 3 is 2.32 bits per heavy atom. The van der Waals surface area contributed by atoms with E-state index in [-0.39, 0.29) is 23.7 Å². The van der Waals surface area contributed by atoms with E-state index in [0.29, 0.717) is 11.4 Å². The van der Waals surface area contributed by atoms with Crippen molar-refractivity contribution >= 4 is 35.0 Å². The molecular formula is C25H26N2O3S. The lowest BCUT2D eigenvalue weighted by Gasteiger charge is -2.14. The van der Waals surface area contributed by atoms with Gasteiger partial charge in [-0.1, -0.05) is 35.9 Å². The van der Waals surface area contributed by atoms with E-state index < -0.39 is 0 Å².